The second kappa shape index (κ2) is 5.76. The van der Waals surface area contributed by atoms with Crippen LogP contribution in [0.15, 0.2) is 24.3 Å². The first kappa shape index (κ1) is 13.9. The predicted molar refractivity (Wildman–Crippen MR) is 81.1 cm³/mol. The molecule has 2 N–H and O–H groups in total. The molecule has 1 aromatic rings. The van der Waals surface area contributed by atoms with E-state index < -0.39 is 0 Å². The molecule has 3 amide bonds. The smallest absolute Gasteiger partial charge is 0.322 e. The molecule has 21 heavy (non-hydrogen) atoms. The highest BCUT2D eigenvalue weighted by molar-refractivity contribution is 5.94. The van der Waals surface area contributed by atoms with Crippen molar-refractivity contribution in [3.8, 4) is 0 Å². The number of urea groups is 1. The Labute approximate surface area is 124 Å². The number of hydrogen-bond donors (Lipinski definition) is 2. The Bertz CT molecular complexity index is 537. The second-order valence-corrected chi connectivity index (χ2v) is 5.93. The van der Waals surface area contributed by atoms with Gasteiger partial charge in [-0.25, -0.2) is 4.79 Å². The second-order valence-electron chi connectivity index (χ2n) is 5.93. The van der Waals surface area contributed by atoms with E-state index in [0.29, 0.717) is 12.6 Å². The maximum Gasteiger partial charge on any atom is 0.322 e. The molecule has 3 rings (SSSR count). The van der Waals surface area contributed by atoms with Crippen molar-refractivity contribution in [2.75, 3.05) is 11.9 Å². The van der Waals surface area contributed by atoms with Gasteiger partial charge in [0.25, 0.3) is 0 Å². The monoisotopic (exact) mass is 287 g/mol. The first-order chi connectivity index (χ1) is 10.1. The van der Waals surface area contributed by atoms with Gasteiger partial charge in [-0.05, 0) is 44.7 Å². The minimum atomic E-state index is -0.323. The first-order valence-electron chi connectivity index (χ1n) is 7.58. The number of anilines is 1. The van der Waals surface area contributed by atoms with Gasteiger partial charge in [-0.3, -0.25) is 4.79 Å². The SMILES string of the molecule is Cc1ccc(NC(=O)N2CCC[C@@H]2C(=O)NC2CC2)cc1. The normalized spacial score (nSPS) is 21.2. The number of hydrogen-bond acceptors (Lipinski definition) is 2. The number of nitrogens with zero attached hydrogens (tertiary/aromatic N) is 1. The summed E-state index contributed by atoms with van der Waals surface area (Å²) < 4.78 is 0. The fraction of sp³-hybridized carbons (Fsp3) is 0.500. The van der Waals surface area contributed by atoms with Crippen molar-refractivity contribution in [1.29, 1.82) is 0 Å². The van der Waals surface area contributed by atoms with E-state index in [4.69, 9.17) is 0 Å². The average molecular weight is 287 g/mol. The molecule has 1 aliphatic heterocycles. The van der Waals surface area contributed by atoms with Gasteiger partial charge in [0.2, 0.25) is 5.91 Å². The summed E-state index contributed by atoms with van der Waals surface area (Å²) in [5.41, 5.74) is 1.91. The largest absolute Gasteiger partial charge is 0.352 e. The van der Waals surface area contributed by atoms with Crippen molar-refractivity contribution in [2.45, 2.75) is 44.7 Å². The maximum atomic E-state index is 12.4. The van der Waals surface area contributed by atoms with Crippen molar-refractivity contribution in [2.24, 2.45) is 0 Å². The van der Waals surface area contributed by atoms with Crippen LogP contribution in [-0.4, -0.2) is 35.5 Å². The number of carbonyl (C=O) groups is 2. The maximum absolute atomic E-state index is 12.4. The summed E-state index contributed by atoms with van der Waals surface area (Å²) in [6, 6.07) is 7.49. The Morgan fingerprint density at radius 3 is 2.52 bits per heavy atom. The summed E-state index contributed by atoms with van der Waals surface area (Å²) in [5.74, 6) is -0.00550. The van der Waals surface area contributed by atoms with E-state index in [0.717, 1.165) is 36.9 Å². The van der Waals surface area contributed by atoms with E-state index in [-0.39, 0.29) is 18.0 Å². The average Bonchev–Trinajstić information content (AvgIpc) is 3.13. The summed E-state index contributed by atoms with van der Waals surface area (Å²) in [6.45, 7) is 2.64. The van der Waals surface area contributed by atoms with Crippen LogP contribution < -0.4 is 10.6 Å². The summed E-state index contributed by atoms with van der Waals surface area (Å²) >= 11 is 0. The van der Waals surface area contributed by atoms with Gasteiger partial charge >= 0.3 is 6.03 Å². The summed E-state index contributed by atoms with van der Waals surface area (Å²) in [5, 5.41) is 5.86. The van der Waals surface area contributed by atoms with E-state index in [9.17, 15) is 9.59 Å². The van der Waals surface area contributed by atoms with Crippen molar-refractivity contribution >= 4 is 17.6 Å². The quantitative estimate of drug-likeness (QED) is 0.896. The van der Waals surface area contributed by atoms with Crippen LogP contribution in [0, 0.1) is 6.92 Å². The molecule has 2 aliphatic rings. The Hall–Kier alpha value is -2.04. The van der Waals surface area contributed by atoms with E-state index in [1.165, 1.54) is 0 Å². The minimum Gasteiger partial charge on any atom is -0.352 e. The van der Waals surface area contributed by atoms with Crippen molar-refractivity contribution in [3.63, 3.8) is 0 Å². The molecule has 0 bridgehead atoms. The van der Waals surface area contributed by atoms with Crippen LogP contribution >= 0.6 is 0 Å². The van der Waals surface area contributed by atoms with Crippen LogP contribution in [-0.2, 0) is 4.79 Å². The molecule has 0 radical (unpaired) electrons. The number of aryl methyl sites for hydroxylation is 1. The third-order valence-electron chi connectivity index (χ3n) is 4.04. The lowest BCUT2D eigenvalue weighted by Crippen LogP contribution is -2.47. The number of rotatable bonds is 3. The Kier molecular flexibility index (Phi) is 3.82. The highest BCUT2D eigenvalue weighted by Crippen LogP contribution is 2.23. The Morgan fingerprint density at radius 2 is 1.86 bits per heavy atom. The van der Waals surface area contributed by atoms with Crippen LogP contribution in [0.5, 0.6) is 0 Å². The lowest BCUT2D eigenvalue weighted by Gasteiger charge is -2.24. The molecule has 1 heterocycles. The summed E-state index contributed by atoms with van der Waals surface area (Å²) in [4.78, 5) is 26.2. The Balaban J connectivity index is 1.62. The fourth-order valence-corrected chi connectivity index (χ4v) is 2.64. The van der Waals surface area contributed by atoms with E-state index in [1.54, 1.807) is 4.90 Å². The molecule has 0 unspecified atom stereocenters. The molecule has 2 fully saturated rings. The zero-order valence-corrected chi connectivity index (χ0v) is 12.3. The number of amides is 3. The number of benzene rings is 1. The molecule has 1 atom stereocenters. The number of likely N-dealkylation sites (tertiary alicyclic amines) is 1. The highest BCUT2D eigenvalue weighted by atomic mass is 16.2. The lowest BCUT2D eigenvalue weighted by atomic mass is 10.2. The van der Waals surface area contributed by atoms with Gasteiger partial charge in [0.05, 0.1) is 0 Å². The van der Waals surface area contributed by atoms with Gasteiger partial charge in [-0.2, -0.15) is 0 Å². The highest BCUT2D eigenvalue weighted by Gasteiger charge is 2.36. The summed E-state index contributed by atoms with van der Waals surface area (Å²) in [7, 11) is 0. The van der Waals surface area contributed by atoms with Crippen molar-refractivity contribution in [1.82, 2.24) is 10.2 Å². The lowest BCUT2D eigenvalue weighted by molar-refractivity contribution is -0.124. The topological polar surface area (TPSA) is 61.4 Å². The van der Waals surface area contributed by atoms with Gasteiger partial charge in [0, 0.05) is 18.3 Å². The van der Waals surface area contributed by atoms with Crippen LogP contribution in [0.1, 0.15) is 31.2 Å². The fourth-order valence-electron chi connectivity index (χ4n) is 2.64. The van der Waals surface area contributed by atoms with Crippen LogP contribution in [0.3, 0.4) is 0 Å². The molecular weight excluding hydrogens is 266 g/mol. The molecule has 1 aromatic carbocycles. The molecular formula is C16H21N3O2. The van der Waals surface area contributed by atoms with E-state index in [1.807, 2.05) is 31.2 Å². The van der Waals surface area contributed by atoms with E-state index >= 15 is 0 Å². The molecule has 1 saturated heterocycles. The number of carbonyl (C=O) groups excluding carboxylic acids is 2. The zero-order chi connectivity index (χ0) is 14.8. The van der Waals surface area contributed by atoms with Gasteiger partial charge < -0.3 is 15.5 Å². The molecule has 0 aromatic heterocycles. The van der Waals surface area contributed by atoms with Gasteiger partial charge in [-0.1, -0.05) is 17.7 Å². The molecule has 0 spiro atoms. The molecule has 1 aliphatic carbocycles. The molecule has 112 valence electrons. The predicted octanol–water partition coefficient (Wildman–Crippen LogP) is 2.27. The third kappa shape index (κ3) is 3.35. The van der Waals surface area contributed by atoms with Gasteiger partial charge in [0.15, 0.2) is 0 Å². The third-order valence-corrected chi connectivity index (χ3v) is 4.04. The Morgan fingerprint density at radius 1 is 1.14 bits per heavy atom. The van der Waals surface area contributed by atoms with Crippen LogP contribution in [0.4, 0.5) is 10.5 Å². The first-order valence-corrected chi connectivity index (χ1v) is 7.58. The zero-order valence-electron chi connectivity index (χ0n) is 12.3. The minimum absolute atomic E-state index is 0.00550. The molecule has 5 heteroatoms. The van der Waals surface area contributed by atoms with E-state index in [2.05, 4.69) is 10.6 Å². The molecule has 1 saturated carbocycles. The van der Waals surface area contributed by atoms with Gasteiger partial charge in [-0.15, -0.1) is 0 Å². The number of nitrogens with one attached hydrogen (secondary N) is 2. The van der Waals surface area contributed by atoms with Crippen molar-refractivity contribution < 1.29 is 9.59 Å². The van der Waals surface area contributed by atoms with Crippen molar-refractivity contribution in [3.05, 3.63) is 29.8 Å². The van der Waals surface area contributed by atoms with Crippen LogP contribution in [0.2, 0.25) is 0 Å². The summed E-state index contributed by atoms with van der Waals surface area (Å²) in [6.07, 6.45) is 3.76. The standard InChI is InChI=1S/C16H21N3O2/c1-11-4-6-13(7-5-11)18-16(21)19-10-2-3-14(19)15(20)17-12-8-9-12/h4-7,12,14H,2-3,8-10H2,1H3,(H,17,20)(H,18,21)/t14-/m1/s1. The van der Waals surface area contributed by atoms with Gasteiger partial charge in [0.1, 0.15) is 6.04 Å². The molecule has 5 nitrogen and oxygen atoms in total. The van der Waals surface area contributed by atoms with Crippen LogP contribution in [0.25, 0.3) is 0 Å².